The molecule has 1 N–H and O–H groups in total. The molecule has 138 valence electrons. The van der Waals surface area contributed by atoms with E-state index in [1.165, 1.54) is 44.1 Å². The van der Waals surface area contributed by atoms with Crippen molar-refractivity contribution in [1.29, 1.82) is 0 Å². The summed E-state index contributed by atoms with van der Waals surface area (Å²) in [7, 11) is 0. The third kappa shape index (κ3) is 3.05. The van der Waals surface area contributed by atoms with Crippen molar-refractivity contribution < 1.29 is 9.84 Å². The SMILES string of the molecule is OC(COc1ccc(C23CC4CC(CC(C4)C2)C3)cc1)Cn1ccnc1. The van der Waals surface area contributed by atoms with Gasteiger partial charge in [0.05, 0.1) is 12.9 Å². The van der Waals surface area contributed by atoms with Gasteiger partial charge in [0.2, 0.25) is 0 Å². The third-order valence-electron chi connectivity index (χ3n) is 6.93. The lowest BCUT2D eigenvalue weighted by Gasteiger charge is -2.57. The molecule has 1 heterocycles. The Hall–Kier alpha value is -1.81. The third-order valence-corrected chi connectivity index (χ3v) is 6.93. The molecular weight excluding hydrogens is 324 g/mol. The highest BCUT2D eigenvalue weighted by atomic mass is 16.5. The van der Waals surface area contributed by atoms with Gasteiger partial charge in [-0.05, 0) is 79.4 Å². The highest BCUT2D eigenvalue weighted by Crippen LogP contribution is 2.60. The van der Waals surface area contributed by atoms with Crippen LogP contribution in [-0.4, -0.2) is 27.4 Å². The van der Waals surface area contributed by atoms with Gasteiger partial charge >= 0.3 is 0 Å². The van der Waals surface area contributed by atoms with Crippen molar-refractivity contribution in [2.24, 2.45) is 17.8 Å². The van der Waals surface area contributed by atoms with Gasteiger partial charge in [-0.2, -0.15) is 0 Å². The molecule has 4 saturated carbocycles. The van der Waals surface area contributed by atoms with Crippen molar-refractivity contribution in [2.45, 2.75) is 56.6 Å². The molecule has 4 aliphatic carbocycles. The average Bonchev–Trinajstić information content (AvgIpc) is 3.12. The molecule has 1 aromatic heterocycles. The summed E-state index contributed by atoms with van der Waals surface area (Å²) in [6.45, 7) is 0.806. The van der Waals surface area contributed by atoms with Crippen LogP contribution in [0.3, 0.4) is 0 Å². The second-order valence-electron chi connectivity index (χ2n) is 8.95. The van der Waals surface area contributed by atoms with Crippen molar-refractivity contribution >= 4 is 0 Å². The minimum Gasteiger partial charge on any atom is -0.491 e. The van der Waals surface area contributed by atoms with Gasteiger partial charge in [-0.25, -0.2) is 4.98 Å². The monoisotopic (exact) mass is 352 g/mol. The molecule has 4 bridgehead atoms. The normalized spacial score (nSPS) is 33.3. The van der Waals surface area contributed by atoms with Crippen LogP contribution in [0, 0.1) is 17.8 Å². The van der Waals surface area contributed by atoms with E-state index in [0.29, 0.717) is 18.6 Å². The number of benzene rings is 1. The van der Waals surface area contributed by atoms with E-state index < -0.39 is 6.10 Å². The zero-order chi connectivity index (χ0) is 17.6. The molecule has 4 aliphatic rings. The lowest BCUT2D eigenvalue weighted by molar-refractivity contribution is -0.00522. The first-order valence-electron chi connectivity index (χ1n) is 10.1. The van der Waals surface area contributed by atoms with Crippen LogP contribution >= 0.6 is 0 Å². The molecule has 4 fully saturated rings. The molecule has 26 heavy (non-hydrogen) atoms. The molecule has 0 radical (unpaired) electrons. The van der Waals surface area contributed by atoms with Crippen LogP contribution in [0.5, 0.6) is 5.75 Å². The van der Waals surface area contributed by atoms with Crippen molar-refractivity contribution in [3.05, 3.63) is 48.5 Å². The summed E-state index contributed by atoms with van der Waals surface area (Å²) in [4.78, 5) is 3.99. The molecule has 0 aliphatic heterocycles. The number of aromatic nitrogens is 2. The van der Waals surface area contributed by atoms with Gasteiger partial charge in [0, 0.05) is 12.4 Å². The van der Waals surface area contributed by atoms with Gasteiger partial charge in [0.25, 0.3) is 0 Å². The van der Waals surface area contributed by atoms with Gasteiger partial charge in [0.1, 0.15) is 18.5 Å². The fraction of sp³-hybridized carbons (Fsp3) is 0.591. The predicted octanol–water partition coefficient (Wildman–Crippen LogP) is 3.79. The highest BCUT2D eigenvalue weighted by Gasteiger charge is 2.51. The lowest BCUT2D eigenvalue weighted by Crippen LogP contribution is -2.48. The first-order valence-corrected chi connectivity index (χ1v) is 10.1. The smallest absolute Gasteiger partial charge is 0.119 e. The van der Waals surface area contributed by atoms with Crippen molar-refractivity contribution in [3.8, 4) is 5.75 Å². The maximum atomic E-state index is 10.1. The number of imidazole rings is 1. The summed E-state index contributed by atoms with van der Waals surface area (Å²) in [6, 6.07) is 8.76. The topological polar surface area (TPSA) is 47.3 Å². The molecule has 0 saturated heterocycles. The van der Waals surface area contributed by atoms with E-state index >= 15 is 0 Å². The zero-order valence-corrected chi connectivity index (χ0v) is 15.3. The number of aliphatic hydroxyl groups excluding tert-OH is 1. The quantitative estimate of drug-likeness (QED) is 0.860. The summed E-state index contributed by atoms with van der Waals surface area (Å²) in [5, 5.41) is 10.1. The Morgan fingerprint density at radius 1 is 1.08 bits per heavy atom. The first-order chi connectivity index (χ1) is 12.7. The van der Waals surface area contributed by atoms with Gasteiger partial charge in [-0.1, -0.05) is 12.1 Å². The number of nitrogens with zero attached hydrogens (tertiary/aromatic N) is 2. The minimum absolute atomic E-state index is 0.300. The van der Waals surface area contributed by atoms with Gasteiger partial charge in [0.15, 0.2) is 0 Å². The van der Waals surface area contributed by atoms with Crippen LogP contribution in [0.2, 0.25) is 0 Å². The van der Waals surface area contributed by atoms with Crippen LogP contribution in [0.4, 0.5) is 0 Å². The van der Waals surface area contributed by atoms with E-state index in [1.54, 1.807) is 12.5 Å². The summed E-state index contributed by atoms with van der Waals surface area (Å²) in [5.74, 6) is 3.75. The van der Waals surface area contributed by atoms with E-state index in [-0.39, 0.29) is 0 Å². The minimum atomic E-state index is -0.535. The molecule has 1 atom stereocenters. The van der Waals surface area contributed by atoms with Crippen molar-refractivity contribution in [3.63, 3.8) is 0 Å². The van der Waals surface area contributed by atoms with Gasteiger partial charge in [-0.15, -0.1) is 0 Å². The second-order valence-corrected chi connectivity index (χ2v) is 8.95. The maximum absolute atomic E-state index is 10.1. The van der Waals surface area contributed by atoms with Crippen LogP contribution in [0.25, 0.3) is 0 Å². The summed E-state index contributed by atoms with van der Waals surface area (Å²) >= 11 is 0. The molecule has 4 nitrogen and oxygen atoms in total. The summed E-state index contributed by atoms with van der Waals surface area (Å²) in [5.41, 5.74) is 1.96. The van der Waals surface area contributed by atoms with Crippen molar-refractivity contribution in [2.75, 3.05) is 6.61 Å². The molecule has 0 amide bonds. The largest absolute Gasteiger partial charge is 0.491 e. The number of ether oxygens (including phenoxy) is 1. The van der Waals surface area contributed by atoms with E-state index in [4.69, 9.17) is 4.74 Å². The average molecular weight is 352 g/mol. The fourth-order valence-electron chi connectivity index (χ4n) is 6.25. The Kier molecular flexibility index (Phi) is 4.04. The number of aliphatic hydroxyl groups is 1. The second kappa shape index (κ2) is 6.41. The van der Waals surface area contributed by atoms with Crippen LogP contribution < -0.4 is 4.74 Å². The molecule has 1 aromatic carbocycles. The Balaban J connectivity index is 1.22. The van der Waals surface area contributed by atoms with Crippen LogP contribution in [0.15, 0.2) is 43.0 Å². The van der Waals surface area contributed by atoms with Crippen LogP contribution in [0.1, 0.15) is 44.1 Å². The van der Waals surface area contributed by atoms with E-state index in [0.717, 1.165) is 23.5 Å². The molecular formula is C22H28N2O2. The van der Waals surface area contributed by atoms with Crippen molar-refractivity contribution in [1.82, 2.24) is 9.55 Å². The molecule has 1 unspecified atom stereocenters. The van der Waals surface area contributed by atoms with Crippen LogP contribution in [-0.2, 0) is 12.0 Å². The zero-order valence-electron chi connectivity index (χ0n) is 15.3. The van der Waals surface area contributed by atoms with Gasteiger partial charge in [-0.3, -0.25) is 0 Å². The van der Waals surface area contributed by atoms with Gasteiger partial charge < -0.3 is 14.4 Å². The van der Waals surface area contributed by atoms with E-state index in [9.17, 15) is 5.11 Å². The lowest BCUT2D eigenvalue weighted by atomic mass is 9.48. The first kappa shape index (κ1) is 16.4. The summed E-state index contributed by atoms with van der Waals surface area (Å²) < 4.78 is 7.67. The van der Waals surface area contributed by atoms with E-state index in [2.05, 4.69) is 29.2 Å². The summed E-state index contributed by atoms with van der Waals surface area (Å²) in [6.07, 6.45) is 13.4. The Bertz CT molecular complexity index is 703. The predicted molar refractivity (Wildman–Crippen MR) is 100 cm³/mol. The Morgan fingerprint density at radius 2 is 1.73 bits per heavy atom. The maximum Gasteiger partial charge on any atom is 0.119 e. The number of rotatable bonds is 6. The number of hydrogen-bond donors (Lipinski definition) is 1. The Labute approximate surface area is 155 Å². The molecule has 0 spiro atoms. The van der Waals surface area contributed by atoms with E-state index in [1.807, 2.05) is 10.8 Å². The Morgan fingerprint density at radius 3 is 2.31 bits per heavy atom. The molecule has 4 heteroatoms. The molecule has 2 aromatic rings. The fourth-order valence-corrected chi connectivity index (χ4v) is 6.25. The number of hydrogen-bond acceptors (Lipinski definition) is 3. The molecule has 6 rings (SSSR count). The highest BCUT2D eigenvalue weighted by molar-refractivity contribution is 5.34. The standard InChI is InChI=1S/C22H28N2O2/c25-20(13-24-6-5-23-15-24)14-26-21-3-1-19(2-4-21)22-10-16-7-17(11-22)9-18(8-16)12-22/h1-6,15-18,20,25H,7-14H2.